The molecule has 1 unspecified atom stereocenters. The SMILES string of the molecule is CCC(C)N(CCC(=O)Nc1ccc2ccccc2c1)C(=O)c1ccc2ccccc2c1. The van der Waals surface area contributed by atoms with Gasteiger partial charge in [-0.25, -0.2) is 0 Å². The molecule has 0 saturated carbocycles. The molecule has 4 nitrogen and oxygen atoms in total. The van der Waals surface area contributed by atoms with Crippen LogP contribution in [0.15, 0.2) is 84.9 Å². The molecule has 162 valence electrons. The van der Waals surface area contributed by atoms with Crippen LogP contribution in [0.2, 0.25) is 0 Å². The van der Waals surface area contributed by atoms with E-state index in [0.717, 1.165) is 33.7 Å². The highest BCUT2D eigenvalue weighted by atomic mass is 16.2. The second kappa shape index (κ2) is 9.65. The lowest BCUT2D eigenvalue weighted by Gasteiger charge is -2.28. The first-order chi connectivity index (χ1) is 15.5. The molecule has 32 heavy (non-hydrogen) atoms. The number of fused-ring (bicyclic) bond motifs is 2. The average Bonchev–Trinajstić information content (AvgIpc) is 2.83. The number of amides is 2. The van der Waals surface area contributed by atoms with Crippen LogP contribution in [0.25, 0.3) is 21.5 Å². The molecule has 0 aromatic heterocycles. The van der Waals surface area contributed by atoms with E-state index in [4.69, 9.17) is 0 Å². The van der Waals surface area contributed by atoms with E-state index in [0.29, 0.717) is 12.1 Å². The van der Waals surface area contributed by atoms with Crippen LogP contribution >= 0.6 is 0 Å². The number of benzene rings is 4. The lowest BCUT2D eigenvalue weighted by atomic mass is 10.1. The van der Waals surface area contributed by atoms with E-state index in [1.165, 1.54) is 0 Å². The maximum Gasteiger partial charge on any atom is 0.254 e. The van der Waals surface area contributed by atoms with Gasteiger partial charge in [0, 0.05) is 30.3 Å². The third kappa shape index (κ3) is 4.80. The Morgan fingerprint density at radius 1 is 0.812 bits per heavy atom. The Labute approximate surface area is 188 Å². The maximum atomic E-state index is 13.3. The second-order valence-electron chi connectivity index (χ2n) is 8.18. The molecular formula is C28H28N2O2. The van der Waals surface area contributed by atoms with Crippen LogP contribution < -0.4 is 5.32 Å². The van der Waals surface area contributed by atoms with Crippen LogP contribution in [0, 0.1) is 0 Å². The zero-order chi connectivity index (χ0) is 22.5. The van der Waals surface area contributed by atoms with Gasteiger partial charge in [0.1, 0.15) is 0 Å². The predicted octanol–water partition coefficient (Wildman–Crippen LogP) is 6.26. The molecule has 0 fully saturated rings. The molecule has 0 radical (unpaired) electrons. The number of nitrogens with one attached hydrogen (secondary N) is 1. The summed E-state index contributed by atoms with van der Waals surface area (Å²) in [6.07, 6.45) is 1.07. The third-order valence-corrected chi connectivity index (χ3v) is 5.99. The summed E-state index contributed by atoms with van der Waals surface area (Å²) in [5, 5.41) is 7.33. The van der Waals surface area contributed by atoms with E-state index in [9.17, 15) is 9.59 Å². The maximum absolute atomic E-state index is 13.3. The number of rotatable bonds is 7. The summed E-state index contributed by atoms with van der Waals surface area (Å²) in [4.78, 5) is 27.8. The van der Waals surface area contributed by atoms with Gasteiger partial charge in [-0.3, -0.25) is 9.59 Å². The quantitative estimate of drug-likeness (QED) is 0.380. The average molecular weight is 425 g/mol. The number of carbonyl (C=O) groups is 2. The molecule has 0 aliphatic carbocycles. The highest BCUT2D eigenvalue weighted by molar-refractivity contribution is 5.99. The standard InChI is InChI=1S/C28H28N2O2/c1-3-20(2)30(28(32)25-13-12-21-8-4-6-10-23(21)18-25)17-16-27(31)29-26-15-14-22-9-5-7-11-24(22)19-26/h4-15,18-20H,3,16-17H2,1-2H3,(H,29,31). The van der Waals surface area contributed by atoms with Gasteiger partial charge in [0.2, 0.25) is 5.91 Å². The van der Waals surface area contributed by atoms with Crippen molar-refractivity contribution in [2.45, 2.75) is 32.7 Å². The third-order valence-electron chi connectivity index (χ3n) is 5.99. The summed E-state index contributed by atoms with van der Waals surface area (Å²) < 4.78 is 0. The van der Waals surface area contributed by atoms with Gasteiger partial charge in [-0.05, 0) is 59.2 Å². The highest BCUT2D eigenvalue weighted by Crippen LogP contribution is 2.20. The summed E-state index contributed by atoms with van der Waals surface area (Å²) in [6.45, 7) is 4.46. The number of hydrogen-bond acceptors (Lipinski definition) is 2. The monoisotopic (exact) mass is 424 g/mol. The minimum Gasteiger partial charge on any atom is -0.335 e. The van der Waals surface area contributed by atoms with Crippen molar-refractivity contribution >= 4 is 39.0 Å². The normalized spacial score (nSPS) is 11.9. The fourth-order valence-electron chi connectivity index (χ4n) is 3.94. The fourth-order valence-corrected chi connectivity index (χ4v) is 3.94. The zero-order valence-electron chi connectivity index (χ0n) is 18.5. The molecule has 4 heteroatoms. The topological polar surface area (TPSA) is 49.4 Å². The van der Waals surface area contributed by atoms with Crippen LogP contribution in [0.4, 0.5) is 5.69 Å². The van der Waals surface area contributed by atoms with E-state index in [1.54, 1.807) is 0 Å². The highest BCUT2D eigenvalue weighted by Gasteiger charge is 2.21. The van der Waals surface area contributed by atoms with Crippen LogP contribution in [-0.4, -0.2) is 29.3 Å². The van der Waals surface area contributed by atoms with Gasteiger partial charge in [0.15, 0.2) is 0 Å². The van der Waals surface area contributed by atoms with Crippen molar-refractivity contribution in [3.05, 3.63) is 90.5 Å². The van der Waals surface area contributed by atoms with Gasteiger partial charge in [-0.1, -0.05) is 67.6 Å². The molecule has 0 heterocycles. The number of anilines is 1. The first-order valence-electron chi connectivity index (χ1n) is 11.1. The van der Waals surface area contributed by atoms with E-state index in [1.807, 2.05) is 96.8 Å². The Balaban J connectivity index is 1.45. The van der Waals surface area contributed by atoms with Gasteiger partial charge in [-0.2, -0.15) is 0 Å². The number of nitrogens with zero attached hydrogens (tertiary/aromatic N) is 1. The lowest BCUT2D eigenvalue weighted by molar-refractivity contribution is -0.116. The zero-order valence-corrected chi connectivity index (χ0v) is 18.5. The van der Waals surface area contributed by atoms with Gasteiger partial charge < -0.3 is 10.2 Å². The largest absolute Gasteiger partial charge is 0.335 e. The van der Waals surface area contributed by atoms with Crippen LogP contribution in [-0.2, 0) is 4.79 Å². The molecule has 1 N–H and O–H groups in total. The first-order valence-corrected chi connectivity index (χ1v) is 11.1. The molecule has 4 aromatic rings. The molecular weight excluding hydrogens is 396 g/mol. The van der Waals surface area contributed by atoms with Crippen molar-refractivity contribution < 1.29 is 9.59 Å². The lowest BCUT2D eigenvalue weighted by Crippen LogP contribution is -2.40. The van der Waals surface area contributed by atoms with Crippen LogP contribution in [0.3, 0.4) is 0 Å². The van der Waals surface area contributed by atoms with Crippen LogP contribution in [0.1, 0.15) is 37.0 Å². The fraction of sp³-hybridized carbons (Fsp3) is 0.214. The summed E-state index contributed by atoms with van der Waals surface area (Å²) in [7, 11) is 0. The van der Waals surface area contributed by atoms with Gasteiger partial charge in [0.05, 0.1) is 0 Å². The number of carbonyl (C=O) groups excluding carboxylic acids is 2. The number of hydrogen-bond donors (Lipinski definition) is 1. The minimum atomic E-state index is -0.0973. The molecule has 0 aliphatic rings. The van der Waals surface area contributed by atoms with Crippen molar-refractivity contribution in [2.24, 2.45) is 0 Å². The Bertz CT molecular complexity index is 1260. The van der Waals surface area contributed by atoms with Crippen molar-refractivity contribution in [3.8, 4) is 0 Å². The Morgan fingerprint density at radius 2 is 1.41 bits per heavy atom. The summed E-state index contributed by atoms with van der Waals surface area (Å²) in [6, 6.07) is 27.8. The van der Waals surface area contributed by atoms with Crippen molar-refractivity contribution in [1.29, 1.82) is 0 Å². The second-order valence-corrected chi connectivity index (χ2v) is 8.18. The Morgan fingerprint density at radius 3 is 2.06 bits per heavy atom. The smallest absolute Gasteiger partial charge is 0.254 e. The molecule has 0 saturated heterocycles. The Kier molecular flexibility index (Phi) is 6.50. The minimum absolute atomic E-state index is 0.0383. The van der Waals surface area contributed by atoms with E-state index in [-0.39, 0.29) is 24.3 Å². The van der Waals surface area contributed by atoms with Gasteiger partial charge >= 0.3 is 0 Å². The van der Waals surface area contributed by atoms with E-state index < -0.39 is 0 Å². The molecule has 2 amide bonds. The summed E-state index contributed by atoms with van der Waals surface area (Å²) in [5.41, 5.74) is 1.42. The summed E-state index contributed by atoms with van der Waals surface area (Å²) in [5.74, 6) is -0.136. The van der Waals surface area contributed by atoms with Crippen molar-refractivity contribution in [1.82, 2.24) is 4.90 Å². The molecule has 0 aliphatic heterocycles. The molecule has 0 bridgehead atoms. The first kappa shape index (κ1) is 21.6. The molecule has 0 spiro atoms. The molecule has 4 rings (SSSR count). The van der Waals surface area contributed by atoms with Gasteiger partial charge in [0.25, 0.3) is 5.91 Å². The van der Waals surface area contributed by atoms with E-state index >= 15 is 0 Å². The van der Waals surface area contributed by atoms with Crippen molar-refractivity contribution in [2.75, 3.05) is 11.9 Å². The van der Waals surface area contributed by atoms with Gasteiger partial charge in [-0.15, -0.1) is 0 Å². The molecule has 4 aromatic carbocycles. The molecule has 1 atom stereocenters. The predicted molar refractivity (Wildman–Crippen MR) is 132 cm³/mol. The van der Waals surface area contributed by atoms with Crippen LogP contribution in [0.5, 0.6) is 0 Å². The summed E-state index contributed by atoms with van der Waals surface area (Å²) >= 11 is 0. The van der Waals surface area contributed by atoms with Crippen molar-refractivity contribution in [3.63, 3.8) is 0 Å². The van der Waals surface area contributed by atoms with E-state index in [2.05, 4.69) is 12.2 Å². The Hall–Kier alpha value is -3.66.